The third-order valence-electron chi connectivity index (χ3n) is 3.26. The minimum absolute atomic E-state index is 0.0701. The average Bonchev–Trinajstić information content (AvgIpc) is 3.22. The van der Waals surface area contributed by atoms with Crippen LogP contribution in [0.3, 0.4) is 0 Å². The van der Waals surface area contributed by atoms with Gasteiger partial charge in [-0.3, -0.25) is 4.79 Å². The number of phenols is 1. The molecular weight excluding hydrogens is 312 g/mol. The van der Waals surface area contributed by atoms with E-state index in [1.165, 1.54) is 6.07 Å². The molecule has 2 N–H and O–H groups in total. The third-order valence-corrected chi connectivity index (χ3v) is 3.26. The monoisotopic (exact) mass is 328 g/mol. The van der Waals surface area contributed by atoms with Crippen molar-refractivity contribution in [2.45, 2.75) is 26.3 Å². The molecule has 0 atom stereocenters. The van der Waals surface area contributed by atoms with Crippen molar-refractivity contribution in [2.75, 3.05) is 0 Å². The van der Waals surface area contributed by atoms with E-state index in [0.717, 1.165) is 12.8 Å². The molecule has 8 heteroatoms. The number of benzene rings is 1. The summed E-state index contributed by atoms with van der Waals surface area (Å²) in [6.07, 6.45) is 1.65. The van der Waals surface area contributed by atoms with Gasteiger partial charge in [-0.1, -0.05) is 29.4 Å². The molecule has 124 valence electrons. The molecule has 8 nitrogen and oxygen atoms in total. The van der Waals surface area contributed by atoms with E-state index in [0.29, 0.717) is 17.1 Å². The van der Waals surface area contributed by atoms with Crippen molar-refractivity contribution >= 4 is 5.91 Å². The number of aromatic hydroxyl groups is 1. The van der Waals surface area contributed by atoms with E-state index in [1.54, 1.807) is 24.3 Å². The number of aryl methyl sites for hydroxylation is 1. The molecule has 0 bridgehead atoms. The Bertz CT molecular complexity index is 840. The van der Waals surface area contributed by atoms with Gasteiger partial charge in [-0.05, 0) is 18.6 Å². The van der Waals surface area contributed by atoms with E-state index < -0.39 is 0 Å². The first-order valence-corrected chi connectivity index (χ1v) is 7.51. The minimum Gasteiger partial charge on any atom is -0.508 e. The maximum absolute atomic E-state index is 12.0. The van der Waals surface area contributed by atoms with Crippen LogP contribution in [-0.2, 0) is 13.0 Å². The zero-order valence-electron chi connectivity index (χ0n) is 13.0. The molecule has 0 aliphatic rings. The molecule has 0 unspecified atom stereocenters. The van der Waals surface area contributed by atoms with Crippen LogP contribution in [0.15, 0.2) is 39.4 Å². The van der Waals surface area contributed by atoms with E-state index in [4.69, 9.17) is 9.05 Å². The summed E-state index contributed by atoms with van der Waals surface area (Å²) in [5, 5.41) is 19.7. The highest BCUT2D eigenvalue weighted by Gasteiger charge is 2.14. The van der Waals surface area contributed by atoms with E-state index in [9.17, 15) is 9.90 Å². The first-order valence-electron chi connectivity index (χ1n) is 7.51. The molecule has 0 spiro atoms. The molecule has 0 fully saturated rings. The van der Waals surface area contributed by atoms with E-state index >= 15 is 0 Å². The molecular formula is C16H16N4O4. The Morgan fingerprint density at radius 1 is 1.25 bits per heavy atom. The largest absolute Gasteiger partial charge is 0.508 e. The quantitative estimate of drug-likeness (QED) is 0.713. The number of hydrogen-bond donors (Lipinski definition) is 2. The van der Waals surface area contributed by atoms with Gasteiger partial charge < -0.3 is 19.5 Å². The Kier molecular flexibility index (Phi) is 4.55. The van der Waals surface area contributed by atoms with Gasteiger partial charge in [0.15, 0.2) is 5.69 Å². The molecule has 0 aliphatic heterocycles. The SMILES string of the molecule is CCCc1cc(C(=O)NCc2nc(-c3cccc(O)c3)no2)no1. The normalized spacial score (nSPS) is 10.7. The number of aromatic nitrogens is 3. The molecule has 24 heavy (non-hydrogen) atoms. The number of carbonyl (C=O) groups excluding carboxylic acids is 1. The minimum atomic E-state index is -0.377. The average molecular weight is 328 g/mol. The van der Waals surface area contributed by atoms with Crippen LogP contribution >= 0.6 is 0 Å². The third kappa shape index (κ3) is 3.60. The summed E-state index contributed by atoms with van der Waals surface area (Å²) >= 11 is 0. The predicted molar refractivity (Wildman–Crippen MR) is 83.1 cm³/mol. The Hall–Kier alpha value is -3.16. The number of phenolic OH excluding ortho intramolecular Hbond substituents is 1. The fraction of sp³-hybridized carbons (Fsp3) is 0.250. The number of rotatable bonds is 6. The zero-order valence-corrected chi connectivity index (χ0v) is 13.0. The van der Waals surface area contributed by atoms with Crippen LogP contribution in [0.1, 0.15) is 35.5 Å². The van der Waals surface area contributed by atoms with Crippen LogP contribution in [0.25, 0.3) is 11.4 Å². The van der Waals surface area contributed by atoms with Crippen molar-refractivity contribution in [1.82, 2.24) is 20.6 Å². The maximum Gasteiger partial charge on any atom is 0.273 e. The summed E-state index contributed by atoms with van der Waals surface area (Å²) in [6, 6.07) is 8.12. The summed E-state index contributed by atoms with van der Waals surface area (Å²) in [7, 11) is 0. The Morgan fingerprint density at radius 2 is 2.12 bits per heavy atom. The summed E-state index contributed by atoms with van der Waals surface area (Å²) in [5.74, 6) is 0.992. The van der Waals surface area contributed by atoms with Crippen molar-refractivity contribution in [3.8, 4) is 17.1 Å². The highest BCUT2D eigenvalue weighted by Crippen LogP contribution is 2.20. The van der Waals surface area contributed by atoms with Gasteiger partial charge in [0, 0.05) is 18.1 Å². The first kappa shape index (κ1) is 15.7. The van der Waals surface area contributed by atoms with Crippen molar-refractivity contribution in [3.05, 3.63) is 47.7 Å². The Morgan fingerprint density at radius 3 is 2.92 bits per heavy atom. The van der Waals surface area contributed by atoms with Gasteiger partial charge in [-0.25, -0.2) is 0 Å². The second-order valence-electron chi connectivity index (χ2n) is 5.17. The van der Waals surface area contributed by atoms with Gasteiger partial charge in [-0.15, -0.1) is 0 Å². The predicted octanol–water partition coefficient (Wildman–Crippen LogP) is 2.31. The fourth-order valence-corrected chi connectivity index (χ4v) is 2.12. The molecule has 2 aromatic heterocycles. The van der Waals surface area contributed by atoms with Gasteiger partial charge >= 0.3 is 0 Å². The van der Waals surface area contributed by atoms with Crippen molar-refractivity contribution in [2.24, 2.45) is 0 Å². The van der Waals surface area contributed by atoms with Crippen LogP contribution < -0.4 is 5.32 Å². The van der Waals surface area contributed by atoms with E-state index in [2.05, 4.69) is 20.6 Å². The molecule has 0 radical (unpaired) electrons. The summed E-state index contributed by atoms with van der Waals surface area (Å²) in [6.45, 7) is 2.09. The second-order valence-corrected chi connectivity index (χ2v) is 5.17. The number of nitrogens with one attached hydrogen (secondary N) is 1. The van der Waals surface area contributed by atoms with Crippen LogP contribution in [0, 0.1) is 0 Å². The fourth-order valence-electron chi connectivity index (χ4n) is 2.12. The van der Waals surface area contributed by atoms with Crippen molar-refractivity contribution in [3.63, 3.8) is 0 Å². The molecule has 2 heterocycles. The van der Waals surface area contributed by atoms with Gasteiger partial charge in [0.25, 0.3) is 5.91 Å². The van der Waals surface area contributed by atoms with Gasteiger partial charge in [-0.2, -0.15) is 4.98 Å². The summed E-state index contributed by atoms with van der Waals surface area (Å²) in [5.41, 5.74) is 0.836. The van der Waals surface area contributed by atoms with E-state index in [-0.39, 0.29) is 29.8 Å². The molecule has 0 saturated carbocycles. The lowest BCUT2D eigenvalue weighted by Crippen LogP contribution is -2.23. The van der Waals surface area contributed by atoms with Crippen molar-refractivity contribution < 1.29 is 18.9 Å². The lowest BCUT2D eigenvalue weighted by molar-refractivity contribution is 0.0937. The lowest BCUT2D eigenvalue weighted by atomic mass is 10.2. The van der Waals surface area contributed by atoms with Crippen LogP contribution in [0.5, 0.6) is 5.75 Å². The molecule has 0 saturated heterocycles. The first-order chi connectivity index (χ1) is 11.7. The summed E-state index contributed by atoms with van der Waals surface area (Å²) in [4.78, 5) is 16.2. The van der Waals surface area contributed by atoms with Crippen LogP contribution in [-0.4, -0.2) is 26.3 Å². The van der Waals surface area contributed by atoms with Gasteiger partial charge in [0.1, 0.15) is 11.5 Å². The Labute approximate surface area is 137 Å². The highest BCUT2D eigenvalue weighted by atomic mass is 16.5. The maximum atomic E-state index is 12.0. The number of amides is 1. The van der Waals surface area contributed by atoms with E-state index in [1.807, 2.05) is 6.92 Å². The lowest BCUT2D eigenvalue weighted by Gasteiger charge is -1.97. The zero-order chi connectivity index (χ0) is 16.9. The second kappa shape index (κ2) is 6.95. The van der Waals surface area contributed by atoms with Crippen LogP contribution in [0.4, 0.5) is 0 Å². The summed E-state index contributed by atoms with van der Waals surface area (Å²) < 4.78 is 10.2. The number of hydrogen-bond acceptors (Lipinski definition) is 7. The van der Waals surface area contributed by atoms with Crippen LogP contribution in [0.2, 0.25) is 0 Å². The Balaban J connectivity index is 1.61. The highest BCUT2D eigenvalue weighted by molar-refractivity contribution is 5.92. The topological polar surface area (TPSA) is 114 Å². The van der Waals surface area contributed by atoms with Gasteiger partial charge in [0.05, 0.1) is 6.54 Å². The molecule has 0 aliphatic carbocycles. The molecule has 1 aromatic carbocycles. The molecule has 3 aromatic rings. The number of nitrogens with zero attached hydrogens (tertiary/aromatic N) is 3. The van der Waals surface area contributed by atoms with Gasteiger partial charge in [0.2, 0.25) is 11.7 Å². The number of carbonyl (C=O) groups is 1. The molecule has 3 rings (SSSR count). The smallest absolute Gasteiger partial charge is 0.273 e. The van der Waals surface area contributed by atoms with Crippen molar-refractivity contribution in [1.29, 1.82) is 0 Å². The molecule has 1 amide bonds. The standard InChI is InChI=1S/C16H16N4O4/c1-2-4-12-8-13(19-23-12)16(22)17-9-14-18-15(20-24-14)10-5-3-6-11(21)7-10/h3,5-8,21H,2,4,9H2,1H3,(H,17,22).